The van der Waals surface area contributed by atoms with E-state index in [0.717, 1.165) is 51.4 Å². The van der Waals surface area contributed by atoms with Crippen LogP contribution in [0.1, 0.15) is 367 Å². The Morgan fingerprint density at radius 2 is 0.685 bits per heavy atom. The summed E-state index contributed by atoms with van der Waals surface area (Å²) in [6.45, 7) is 4.88. The highest BCUT2D eigenvalue weighted by molar-refractivity contribution is 5.76. The van der Waals surface area contributed by atoms with Gasteiger partial charge in [-0.1, -0.05) is 334 Å². The predicted octanol–water partition coefficient (Wildman–Crippen LogP) is 21.0. The van der Waals surface area contributed by atoms with Crippen molar-refractivity contribution in [1.29, 1.82) is 0 Å². The van der Waals surface area contributed by atoms with E-state index in [9.17, 15) is 19.8 Å². The number of esters is 1. The molecule has 0 aliphatic rings. The molecule has 0 aliphatic heterocycles. The fourth-order valence-electron chi connectivity index (χ4n) is 10.5. The number of aliphatic hydroxyl groups is 2. The summed E-state index contributed by atoms with van der Waals surface area (Å²) in [7, 11) is 0. The molecule has 1 amide bonds. The summed E-state index contributed by atoms with van der Waals surface area (Å²) >= 11 is 0. The van der Waals surface area contributed by atoms with Crippen LogP contribution in [0.3, 0.4) is 0 Å². The monoisotopic (exact) mass is 1030 g/mol. The number of allylic oxidation sites excluding steroid dienone is 3. The Bertz CT molecular complexity index is 1140. The van der Waals surface area contributed by atoms with Crippen LogP contribution in [-0.4, -0.2) is 47.4 Å². The van der Waals surface area contributed by atoms with Gasteiger partial charge >= 0.3 is 5.97 Å². The zero-order valence-electron chi connectivity index (χ0n) is 49.4. The molecule has 2 atom stereocenters. The summed E-state index contributed by atoms with van der Waals surface area (Å²) in [6.07, 6.45) is 77.9. The first-order chi connectivity index (χ1) is 36.0. The van der Waals surface area contributed by atoms with Gasteiger partial charge in [-0.05, 0) is 44.9 Å². The zero-order valence-corrected chi connectivity index (χ0v) is 49.4. The first-order valence-corrected chi connectivity index (χ1v) is 33.1. The van der Waals surface area contributed by atoms with E-state index in [0.29, 0.717) is 25.9 Å². The van der Waals surface area contributed by atoms with Gasteiger partial charge in [-0.25, -0.2) is 0 Å². The number of nitrogens with one attached hydrogen (secondary N) is 1. The zero-order chi connectivity index (χ0) is 52.9. The van der Waals surface area contributed by atoms with Crippen molar-refractivity contribution in [2.24, 2.45) is 0 Å². The molecule has 0 fully saturated rings. The first kappa shape index (κ1) is 71.3. The van der Waals surface area contributed by atoms with Gasteiger partial charge in [-0.2, -0.15) is 0 Å². The number of carbonyl (C=O) groups excluding carboxylic acids is 2. The maximum atomic E-state index is 12.5. The first-order valence-electron chi connectivity index (χ1n) is 33.1. The molecule has 0 aromatic heterocycles. The molecular formula is C67H129NO5. The van der Waals surface area contributed by atoms with Gasteiger partial charge in [0.15, 0.2) is 0 Å². The van der Waals surface area contributed by atoms with Crippen LogP contribution in [0.4, 0.5) is 0 Å². The van der Waals surface area contributed by atoms with E-state index in [1.807, 2.05) is 0 Å². The molecule has 0 rings (SSSR count). The summed E-state index contributed by atoms with van der Waals surface area (Å²) in [5, 5.41) is 23.4. The highest BCUT2D eigenvalue weighted by atomic mass is 16.5. The Hall–Kier alpha value is -1.66. The Labute approximate surface area is 456 Å². The molecule has 6 nitrogen and oxygen atoms in total. The smallest absolute Gasteiger partial charge is 0.305 e. The van der Waals surface area contributed by atoms with E-state index in [2.05, 4.69) is 43.5 Å². The number of rotatable bonds is 62. The van der Waals surface area contributed by atoms with Crippen LogP contribution < -0.4 is 5.32 Å². The lowest BCUT2D eigenvalue weighted by Gasteiger charge is -2.22. The number of unbranched alkanes of at least 4 members (excludes halogenated alkanes) is 47. The molecule has 0 spiro atoms. The fourth-order valence-corrected chi connectivity index (χ4v) is 10.5. The Morgan fingerprint density at radius 3 is 1.04 bits per heavy atom. The van der Waals surface area contributed by atoms with Crippen molar-refractivity contribution in [1.82, 2.24) is 5.32 Å². The largest absolute Gasteiger partial charge is 0.465 e. The van der Waals surface area contributed by atoms with Crippen molar-refractivity contribution >= 4 is 11.9 Å². The number of hydrogen-bond acceptors (Lipinski definition) is 5. The van der Waals surface area contributed by atoms with Gasteiger partial charge in [-0.3, -0.25) is 9.59 Å². The third-order valence-electron chi connectivity index (χ3n) is 15.5. The standard InChI is InChI=1S/C67H129NO5/c1-3-5-7-9-11-13-15-17-19-21-25-28-31-35-39-43-47-51-55-59-65(70)64(63-69)68-66(71)60-56-52-48-44-40-36-32-29-26-23-22-24-27-30-34-38-42-46-50-54-58-62-73-67(72)61-57-53-49-45-41-37-33-20-18-16-14-12-10-8-6-4-2/h38,42,50,54,64-65,69-70H,3-37,39-41,43-49,51-53,55-63H2,1-2H3,(H,68,71)/b42-38-,54-50-. The van der Waals surface area contributed by atoms with Crippen LogP contribution in [0.25, 0.3) is 0 Å². The molecule has 0 saturated heterocycles. The number of carbonyl (C=O) groups is 2. The van der Waals surface area contributed by atoms with E-state index in [-0.39, 0.29) is 18.5 Å². The minimum atomic E-state index is -0.668. The highest BCUT2D eigenvalue weighted by Crippen LogP contribution is 2.19. The third kappa shape index (κ3) is 59.4. The molecule has 0 radical (unpaired) electrons. The molecule has 2 unspecified atom stereocenters. The number of amides is 1. The lowest BCUT2D eigenvalue weighted by Crippen LogP contribution is -2.45. The van der Waals surface area contributed by atoms with Gasteiger partial charge < -0.3 is 20.3 Å². The van der Waals surface area contributed by atoms with Crippen molar-refractivity contribution in [3.63, 3.8) is 0 Å². The third-order valence-corrected chi connectivity index (χ3v) is 15.5. The summed E-state index contributed by atoms with van der Waals surface area (Å²) in [5.41, 5.74) is 0. The van der Waals surface area contributed by atoms with Crippen molar-refractivity contribution in [3.8, 4) is 0 Å². The molecule has 432 valence electrons. The number of ether oxygens (including phenoxy) is 1. The average molecular weight is 1030 g/mol. The van der Waals surface area contributed by atoms with Crippen molar-refractivity contribution in [3.05, 3.63) is 24.3 Å². The van der Waals surface area contributed by atoms with Crippen LogP contribution >= 0.6 is 0 Å². The lowest BCUT2D eigenvalue weighted by molar-refractivity contribution is -0.143. The van der Waals surface area contributed by atoms with E-state index >= 15 is 0 Å². The molecule has 6 heteroatoms. The van der Waals surface area contributed by atoms with E-state index in [4.69, 9.17) is 4.74 Å². The molecule has 0 bridgehead atoms. The molecule has 0 heterocycles. The van der Waals surface area contributed by atoms with Gasteiger partial charge in [-0.15, -0.1) is 0 Å². The van der Waals surface area contributed by atoms with Crippen LogP contribution in [0.5, 0.6) is 0 Å². The van der Waals surface area contributed by atoms with Crippen molar-refractivity contribution in [2.45, 2.75) is 379 Å². The van der Waals surface area contributed by atoms with Gasteiger partial charge in [0.2, 0.25) is 5.91 Å². The second-order valence-electron chi connectivity index (χ2n) is 22.8. The molecule has 0 saturated carbocycles. The van der Waals surface area contributed by atoms with E-state index < -0.39 is 12.1 Å². The molecule has 0 aromatic rings. The van der Waals surface area contributed by atoms with Crippen LogP contribution in [-0.2, 0) is 14.3 Å². The summed E-state index contributed by atoms with van der Waals surface area (Å²) in [6, 6.07) is -0.546. The normalized spacial score (nSPS) is 12.7. The quantitative estimate of drug-likeness (QED) is 0.0320. The summed E-state index contributed by atoms with van der Waals surface area (Å²) < 4.78 is 5.43. The van der Waals surface area contributed by atoms with Crippen LogP contribution in [0, 0.1) is 0 Å². The molecular weight excluding hydrogens is 899 g/mol. The van der Waals surface area contributed by atoms with Gasteiger partial charge in [0.25, 0.3) is 0 Å². The van der Waals surface area contributed by atoms with Crippen LogP contribution in [0.2, 0.25) is 0 Å². The minimum Gasteiger partial charge on any atom is -0.465 e. The second-order valence-corrected chi connectivity index (χ2v) is 22.8. The lowest BCUT2D eigenvalue weighted by atomic mass is 10.0. The maximum absolute atomic E-state index is 12.5. The minimum absolute atomic E-state index is 0.0309. The molecule has 73 heavy (non-hydrogen) atoms. The molecule has 3 N–H and O–H groups in total. The van der Waals surface area contributed by atoms with Gasteiger partial charge in [0.05, 0.1) is 25.4 Å². The Kier molecular flexibility index (Phi) is 61.4. The second kappa shape index (κ2) is 62.9. The summed E-state index contributed by atoms with van der Waals surface area (Å²) in [4.78, 5) is 24.6. The van der Waals surface area contributed by atoms with E-state index in [1.165, 1.54) is 283 Å². The Balaban J connectivity index is 3.44. The summed E-state index contributed by atoms with van der Waals surface area (Å²) in [5.74, 6) is -0.0671. The van der Waals surface area contributed by atoms with E-state index in [1.54, 1.807) is 0 Å². The van der Waals surface area contributed by atoms with Crippen LogP contribution in [0.15, 0.2) is 24.3 Å². The molecule has 0 aromatic carbocycles. The predicted molar refractivity (Wildman–Crippen MR) is 320 cm³/mol. The Morgan fingerprint density at radius 1 is 0.384 bits per heavy atom. The van der Waals surface area contributed by atoms with Gasteiger partial charge in [0, 0.05) is 12.8 Å². The molecule has 0 aliphatic carbocycles. The van der Waals surface area contributed by atoms with Crippen molar-refractivity contribution in [2.75, 3.05) is 13.2 Å². The highest BCUT2D eigenvalue weighted by Gasteiger charge is 2.20. The fraction of sp³-hybridized carbons (Fsp3) is 0.910. The topological polar surface area (TPSA) is 95.9 Å². The number of aliphatic hydroxyl groups excluding tert-OH is 2. The van der Waals surface area contributed by atoms with Gasteiger partial charge in [0.1, 0.15) is 0 Å². The number of hydrogen-bond donors (Lipinski definition) is 3. The average Bonchev–Trinajstić information content (AvgIpc) is 3.39. The SMILES string of the molecule is CCCCCCCCCCCCCCCCCCCCCC(O)C(CO)NC(=O)CCCCCCCCCCCCCCCC/C=C\C/C=C\CCOC(=O)CCCCCCCCCCCCCCCCCC. The van der Waals surface area contributed by atoms with Crippen molar-refractivity contribution < 1.29 is 24.5 Å². The maximum Gasteiger partial charge on any atom is 0.305 e.